The minimum atomic E-state index is -0.999. The van der Waals surface area contributed by atoms with E-state index in [0.29, 0.717) is 27.2 Å². The molecule has 0 bridgehead atoms. The number of nitrogens with zero attached hydrogens (tertiary/aromatic N) is 1. The Kier molecular flexibility index (Phi) is 7.17. The second kappa shape index (κ2) is 10.0. The summed E-state index contributed by atoms with van der Waals surface area (Å²) < 4.78 is 11.2. The molecule has 0 amide bonds. The van der Waals surface area contributed by atoms with Crippen molar-refractivity contribution in [2.24, 2.45) is 5.10 Å². The van der Waals surface area contributed by atoms with E-state index in [1.165, 1.54) is 12.1 Å². The number of anilines is 1. The molecule has 0 aliphatic heterocycles. The lowest BCUT2D eigenvalue weighted by Crippen LogP contribution is -1.99. The molecule has 0 heterocycles. The number of methoxy groups -OCH3 is 1. The van der Waals surface area contributed by atoms with Crippen molar-refractivity contribution < 1.29 is 19.4 Å². The van der Waals surface area contributed by atoms with Crippen molar-refractivity contribution in [1.82, 2.24) is 0 Å². The van der Waals surface area contributed by atoms with Gasteiger partial charge in [0.15, 0.2) is 11.5 Å². The number of halogens is 2. The predicted octanol–water partition coefficient (Wildman–Crippen LogP) is 5.73. The van der Waals surface area contributed by atoms with Crippen LogP contribution >= 0.6 is 23.2 Å². The van der Waals surface area contributed by atoms with Crippen molar-refractivity contribution in [3.8, 4) is 11.5 Å². The van der Waals surface area contributed by atoms with E-state index in [4.69, 9.17) is 37.8 Å². The highest BCUT2D eigenvalue weighted by molar-refractivity contribution is 6.42. The Bertz CT molecular complexity index is 1090. The molecular formula is C22H18Cl2N2O4. The van der Waals surface area contributed by atoms with Gasteiger partial charge in [0.05, 0.1) is 34.6 Å². The molecule has 0 aromatic heterocycles. The van der Waals surface area contributed by atoms with Crippen molar-refractivity contribution in [3.63, 3.8) is 0 Å². The first-order chi connectivity index (χ1) is 14.5. The van der Waals surface area contributed by atoms with Crippen LogP contribution in [0.15, 0.2) is 65.8 Å². The summed E-state index contributed by atoms with van der Waals surface area (Å²) in [6, 6.07) is 17.1. The maximum absolute atomic E-state index is 11.0. The van der Waals surface area contributed by atoms with E-state index in [1.807, 2.05) is 12.1 Å². The normalized spacial score (nSPS) is 10.8. The van der Waals surface area contributed by atoms with Gasteiger partial charge in [0.1, 0.15) is 6.61 Å². The summed E-state index contributed by atoms with van der Waals surface area (Å²) in [4.78, 5) is 11.0. The first-order valence-corrected chi connectivity index (χ1v) is 9.59. The van der Waals surface area contributed by atoms with E-state index in [1.54, 1.807) is 49.7 Å². The summed E-state index contributed by atoms with van der Waals surface area (Å²) in [5.74, 6) is 0.122. The predicted molar refractivity (Wildman–Crippen MR) is 118 cm³/mol. The number of carboxylic acids is 1. The van der Waals surface area contributed by atoms with Crippen molar-refractivity contribution in [2.45, 2.75) is 6.61 Å². The molecule has 0 saturated heterocycles. The van der Waals surface area contributed by atoms with Gasteiger partial charge in [-0.1, -0.05) is 35.3 Å². The minimum Gasteiger partial charge on any atom is -0.493 e. The molecule has 3 aromatic carbocycles. The maximum atomic E-state index is 11.0. The number of aromatic carboxylic acids is 1. The molecule has 0 aliphatic carbocycles. The maximum Gasteiger partial charge on any atom is 0.335 e. The van der Waals surface area contributed by atoms with Crippen LogP contribution < -0.4 is 14.9 Å². The topological polar surface area (TPSA) is 80.2 Å². The van der Waals surface area contributed by atoms with E-state index in [-0.39, 0.29) is 12.2 Å². The molecule has 0 fully saturated rings. The fourth-order valence-electron chi connectivity index (χ4n) is 2.58. The Morgan fingerprint density at radius 3 is 2.63 bits per heavy atom. The SMILES string of the molecule is COc1ccc(C=NNc2cccc(C(=O)O)c2)cc1OCc1ccc(Cl)c(Cl)c1. The van der Waals surface area contributed by atoms with Crippen molar-refractivity contribution >= 4 is 41.1 Å². The Hall–Kier alpha value is -3.22. The molecule has 0 unspecified atom stereocenters. The van der Waals surface area contributed by atoms with Gasteiger partial charge in [-0.25, -0.2) is 4.79 Å². The molecule has 30 heavy (non-hydrogen) atoms. The third-order valence-electron chi connectivity index (χ3n) is 4.08. The summed E-state index contributed by atoms with van der Waals surface area (Å²) in [7, 11) is 1.56. The third-order valence-corrected chi connectivity index (χ3v) is 4.82. The molecule has 0 saturated carbocycles. The fraction of sp³-hybridized carbons (Fsp3) is 0.0909. The highest BCUT2D eigenvalue weighted by atomic mass is 35.5. The number of carbonyl (C=O) groups is 1. The number of nitrogens with one attached hydrogen (secondary N) is 1. The van der Waals surface area contributed by atoms with Crippen LogP contribution in [0.4, 0.5) is 5.69 Å². The molecule has 0 atom stereocenters. The van der Waals surface area contributed by atoms with Crippen LogP contribution in [-0.4, -0.2) is 24.4 Å². The van der Waals surface area contributed by atoms with Crippen molar-refractivity contribution in [1.29, 1.82) is 0 Å². The molecule has 154 valence electrons. The van der Waals surface area contributed by atoms with Crippen molar-refractivity contribution in [3.05, 3.63) is 87.4 Å². The van der Waals surface area contributed by atoms with Gasteiger partial charge < -0.3 is 14.6 Å². The second-order valence-corrected chi connectivity index (χ2v) is 7.02. The van der Waals surface area contributed by atoms with Crippen LogP contribution in [0.25, 0.3) is 0 Å². The van der Waals surface area contributed by atoms with E-state index in [0.717, 1.165) is 11.1 Å². The van der Waals surface area contributed by atoms with Gasteiger partial charge in [-0.05, 0) is 59.7 Å². The molecular weight excluding hydrogens is 427 g/mol. The number of rotatable bonds is 8. The zero-order chi connectivity index (χ0) is 21.5. The van der Waals surface area contributed by atoms with Gasteiger partial charge in [-0.3, -0.25) is 5.43 Å². The van der Waals surface area contributed by atoms with Crippen LogP contribution in [0.3, 0.4) is 0 Å². The number of carboxylic acid groups (broad SMARTS) is 1. The molecule has 3 aromatic rings. The van der Waals surface area contributed by atoms with Gasteiger partial charge >= 0.3 is 5.97 Å². The first kappa shape index (κ1) is 21.5. The lowest BCUT2D eigenvalue weighted by Gasteiger charge is -2.12. The van der Waals surface area contributed by atoms with E-state index in [9.17, 15) is 4.79 Å². The zero-order valence-corrected chi connectivity index (χ0v) is 17.4. The number of hydrogen-bond acceptors (Lipinski definition) is 5. The quantitative estimate of drug-likeness (QED) is 0.342. The number of ether oxygens (including phenoxy) is 2. The van der Waals surface area contributed by atoms with Crippen LogP contribution in [0.5, 0.6) is 11.5 Å². The molecule has 2 N–H and O–H groups in total. The van der Waals surface area contributed by atoms with Gasteiger partial charge in [0.25, 0.3) is 0 Å². The van der Waals surface area contributed by atoms with Gasteiger partial charge in [-0.2, -0.15) is 5.10 Å². The lowest BCUT2D eigenvalue weighted by molar-refractivity contribution is 0.0697. The van der Waals surface area contributed by atoms with Gasteiger partial charge in [0, 0.05) is 0 Å². The Labute approximate surface area is 183 Å². The summed E-state index contributed by atoms with van der Waals surface area (Å²) in [6.45, 7) is 0.286. The van der Waals surface area contributed by atoms with Crippen LogP contribution in [0.2, 0.25) is 10.0 Å². The monoisotopic (exact) mass is 444 g/mol. The smallest absolute Gasteiger partial charge is 0.335 e. The third kappa shape index (κ3) is 5.65. The second-order valence-electron chi connectivity index (χ2n) is 6.20. The molecule has 0 spiro atoms. The highest BCUT2D eigenvalue weighted by Gasteiger charge is 2.07. The Morgan fingerprint density at radius 2 is 1.90 bits per heavy atom. The molecule has 0 radical (unpaired) electrons. The number of benzene rings is 3. The van der Waals surface area contributed by atoms with Crippen LogP contribution in [0, 0.1) is 0 Å². The highest BCUT2D eigenvalue weighted by Crippen LogP contribution is 2.29. The summed E-state index contributed by atoms with van der Waals surface area (Å²) in [5, 5.41) is 14.1. The van der Waals surface area contributed by atoms with Crippen molar-refractivity contribution in [2.75, 3.05) is 12.5 Å². The van der Waals surface area contributed by atoms with E-state index in [2.05, 4.69) is 10.5 Å². The molecule has 6 nitrogen and oxygen atoms in total. The average molecular weight is 445 g/mol. The van der Waals surface area contributed by atoms with Gasteiger partial charge in [0.2, 0.25) is 0 Å². The zero-order valence-electron chi connectivity index (χ0n) is 15.9. The number of hydrazone groups is 1. The largest absolute Gasteiger partial charge is 0.493 e. The first-order valence-electron chi connectivity index (χ1n) is 8.83. The van der Waals surface area contributed by atoms with E-state index >= 15 is 0 Å². The van der Waals surface area contributed by atoms with Crippen LogP contribution in [-0.2, 0) is 6.61 Å². The molecule has 3 rings (SSSR count). The summed E-state index contributed by atoms with van der Waals surface area (Å²) >= 11 is 12.0. The minimum absolute atomic E-state index is 0.178. The fourth-order valence-corrected chi connectivity index (χ4v) is 2.90. The van der Waals surface area contributed by atoms with E-state index < -0.39 is 5.97 Å². The lowest BCUT2D eigenvalue weighted by atomic mass is 10.2. The number of hydrogen-bond donors (Lipinski definition) is 2. The summed E-state index contributed by atoms with van der Waals surface area (Å²) in [6.07, 6.45) is 1.60. The average Bonchev–Trinajstić information content (AvgIpc) is 2.75. The van der Waals surface area contributed by atoms with Gasteiger partial charge in [-0.15, -0.1) is 0 Å². The molecule has 0 aliphatic rings. The molecule has 8 heteroatoms. The summed E-state index contributed by atoms with van der Waals surface area (Å²) in [5.41, 5.74) is 5.19. The Morgan fingerprint density at radius 1 is 1.07 bits per heavy atom. The standard InChI is InChI=1S/C22H18Cl2N2O4/c1-29-20-8-6-14(12-25-26-17-4-2-3-16(11-17)22(27)28)10-21(20)30-13-15-5-7-18(23)19(24)9-15/h2-12,26H,13H2,1H3,(H,27,28). The Balaban J connectivity index is 1.70. The van der Waals surface area contributed by atoms with Crippen LogP contribution in [0.1, 0.15) is 21.5 Å².